The van der Waals surface area contributed by atoms with Crippen LogP contribution in [0.15, 0.2) is 32.0 Å². The largest absolute Gasteiger partial charge is 0.459 e. The van der Waals surface area contributed by atoms with E-state index in [-0.39, 0.29) is 5.91 Å². The van der Waals surface area contributed by atoms with Gasteiger partial charge in [-0.05, 0) is 45.9 Å². The Morgan fingerprint density at radius 2 is 2.38 bits per heavy atom. The molecule has 0 aliphatic rings. The summed E-state index contributed by atoms with van der Waals surface area (Å²) in [5, 5.41) is 4.79. The summed E-state index contributed by atoms with van der Waals surface area (Å²) >= 11 is 5.02. The molecule has 0 bridgehead atoms. The summed E-state index contributed by atoms with van der Waals surface area (Å²) in [5.74, 6) is 0.201. The van der Waals surface area contributed by atoms with Crippen molar-refractivity contribution in [2.24, 2.45) is 0 Å². The molecule has 2 aromatic heterocycles. The van der Waals surface area contributed by atoms with E-state index < -0.39 is 0 Å². The molecule has 0 spiro atoms. The van der Waals surface area contributed by atoms with Gasteiger partial charge in [-0.25, -0.2) is 0 Å². The van der Waals surface area contributed by atoms with Crippen LogP contribution in [0.2, 0.25) is 0 Å². The van der Waals surface area contributed by atoms with Crippen molar-refractivity contribution >= 4 is 33.2 Å². The van der Waals surface area contributed by atoms with E-state index in [0.29, 0.717) is 12.3 Å². The smallest absolute Gasteiger partial charge is 0.287 e. The van der Waals surface area contributed by atoms with Crippen molar-refractivity contribution in [1.29, 1.82) is 0 Å². The highest BCUT2D eigenvalue weighted by Gasteiger charge is 2.12. The third kappa shape index (κ3) is 2.36. The summed E-state index contributed by atoms with van der Waals surface area (Å²) in [7, 11) is 0. The highest BCUT2D eigenvalue weighted by Crippen LogP contribution is 2.23. The zero-order chi connectivity index (χ0) is 11.5. The van der Waals surface area contributed by atoms with Crippen molar-refractivity contribution in [3.63, 3.8) is 0 Å². The fourth-order valence-corrected chi connectivity index (χ4v) is 2.55. The molecule has 0 aromatic carbocycles. The molecule has 1 N–H and O–H groups in total. The van der Waals surface area contributed by atoms with Crippen molar-refractivity contribution in [2.45, 2.75) is 13.5 Å². The van der Waals surface area contributed by atoms with Crippen molar-refractivity contribution in [3.05, 3.63) is 44.4 Å². The minimum atomic E-state index is -0.180. The second-order valence-corrected chi connectivity index (χ2v) is 5.57. The molecule has 2 rings (SSSR count). The van der Waals surface area contributed by atoms with Crippen LogP contribution in [0.5, 0.6) is 0 Å². The molecule has 84 valence electrons. The maximum absolute atomic E-state index is 11.7. The lowest BCUT2D eigenvalue weighted by molar-refractivity contribution is 0.0922. The Labute approximate surface area is 106 Å². The molecule has 16 heavy (non-hydrogen) atoms. The number of thiophene rings is 1. The second kappa shape index (κ2) is 4.84. The molecule has 0 saturated carbocycles. The zero-order valence-electron chi connectivity index (χ0n) is 8.62. The van der Waals surface area contributed by atoms with Crippen molar-refractivity contribution in [1.82, 2.24) is 5.32 Å². The Morgan fingerprint density at radius 3 is 2.94 bits per heavy atom. The zero-order valence-corrected chi connectivity index (χ0v) is 11.0. The Bertz CT molecular complexity index is 504. The SMILES string of the molecule is Cc1ccoc1C(=O)NCc1ccsc1Br. The second-order valence-electron chi connectivity index (χ2n) is 3.33. The first-order chi connectivity index (χ1) is 7.68. The first-order valence-electron chi connectivity index (χ1n) is 4.72. The average Bonchev–Trinajstić information content (AvgIpc) is 2.84. The van der Waals surface area contributed by atoms with Crippen LogP contribution in [0.3, 0.4) is 0 Å². The highest BCUT2D eigenvalue weighted by molar-refractivity contribution is 9.11. The monoisotopic (exact) mass is 299 g/mol. The molecular weight excluding hydrogens is 290 g/mol. The van der Waals surface area contributed by atoms with Crippen LogP contribution < -0.4 is 5.32 Å². The van der Waals surface area contributed by atoms with Gasteiger partial charge in [0.25, 0.3) is 5.91 Å². The predicted octanol–water partition coefficient (Wildman–Crippen LogP) is 3.34. The lowest BCUT2D eigenvalue weighted by atomic mass is 10.2. The standard InChI is InChI=1S/C11H10BrNO2S/c1-7-2-4-15-9(7)11(14)13-6-8-3-5-16-10(8)12/h2-5H,6H2,1H3,(H,13,14). The Morgan fingerprint density at radius 1 is 1.56 bits per heavy atom. The van der Waals surface area contributed by atoms with Gasteiger partial charge in [0.15, 0.2) is 5.76 Å². The Hall–Kier alpha value is -1.07. The molecule has 5 heteroatoms. The number of hydrogen-bond donors (Lipinski definition) is 1. The summed E-state index contributed by atoms with van der Waals surface area (Å²) in [4.78, 5) is 11.7. The first-order valence-corrected chi connectivity index (χ1v) is 6.40. The topological polar surface area (TPSA) is 42.2 Å². The molecule has 2 aromatic rings. The molecule has 3 nitrogen and oxygen atoms in total. The molecule has 2 heterocycles. The number of nitrogens with one attached hydrogen (secondary N) is 1. The molecule has 0 aliphatic carbocycles. The number of amides is 1. The van der Waals surface area contributed by atoms with Crippen LogP contribution in [0.4, 0.5) is 0 Å². The number of furan rings is 1. The minimum absolute atomic E-state index is 0.180. The van der Waals surface area contributed by atoms with E-state index in [4.69, 9.17) is 4.42 Å². The number of rotatable bonds is 3. The lowest BCUT2D eigenvalue weighted by Gasteiger charge is -2.02. The molecule has 0 atom stereocenters. The number of halogens is 1. The van der Waals surface area contributed by atoms with E-state index in [2.05, 4.69) is 21.2 Å². The normalized spacial score (nSPS) is 10.4. The van der Waals surface area contributed by atoms with Gasteiger partial charge in [-0.3, -0.25) is 4.79 Å². The fourth-order valence-electron chi connectivity index (χ4n) is 1.31. The molecule has 0 saturated heterocycles. The summed E-state index contributed by atoms with van der Waals surface area (Å²) in [6.07, 6.45) is 1.52. The van der Waals surface area contributed by atoms with Crippen LogP contribution >= 0.6 is 27.3 Å². The van der Waals surface area contributed by atoms with Gasteiger partial charge in [0, 0.05) is 12.1 Å². The third-order valence-corrected chi connectivity index (χ3v) is 4.01. The van der Waals surface area contributed by atoms with E-state index in [9.17, 15) is 4.79 Å². The number of carbonyl (C=O) groups is 1. The van der Waals surface area contributed by atoms with Crippen LogP contribution in [0.1, 0.15) is 21.7 Å². The highest BCUT2D eigenvalue weighted by atomic mass is 79.9. The third-order valence-electron chi connectivity index (χ3n) is 2.20. The van der Waals surface area contributed by atoms with E-state index in [1.165, 1.54) is 6.26 Å². The van der Waals surface area contributed by atoms with E-state index in [1.807, 2.05) is 18.4 Å². The molecule has 0 aliphatic heterocycles. The van der Waals surface area contributed by atoms with Crippen molar-refractivity contribution < 1.29 is 9.21 Å². The molecule has 0 fully saturated rings. The van der Waals surface area contributed by atoms with Crippen LogP contribution in [0, 0.1) is 6.92 Å². The quantitative estimate of drug-likeness (QED) is 0.944. The Kier molecular flexibility index (Phi) is 3.46. The van der Waals surface area contributed by atoms with Crippen LogP contribution in [-0.4, -0.2) is 5.91 Å². The lowest BCUT2D eigenvalue weighted by Crippen LogP contribution is -2.22. The molecule has 1 amide bonds. The maximum atomic E-state index is 11.7. The Balaban J connectivity index is 1.99. The number of hydrogen-bond acceptors (Lipinski definition) is 3. The predicted molar refractivity (Wildman–Crippen MR) is 66.6 cm³/mol. The fraction of sp³-hybridized carbons (Fsp3) is 0.182. The van der Waals surface area contributed by atoms with Gasteiger partial charge in [-0.1, -0.05) is 0 Å². The van der Waals surface area contributed by atoms with Gasteiger partial charge in [0.2, 0.25) is 0 Å². The molecule has 0 unspecified atom stereocenters. The summed E-state index contributed by atoms with van der Waals surface area (Å²) in [6, 6.07) is 3.75. The van der Waals surface area contributed by atoms with E-state index >= 15 is 0 Å². The first kappa shape index (κ1) is 11.4. The van der Waals surface area contributed by atoms with Gasteiger partial charge in [-0.15, -0.1) is 11.3 Å². The maximum Gasteiger partial charge on any atom is 0.287 e. The summed E-state index contributed by atoms with van der Waals surface area (Å²) < 4.78 is 6.15. The van der Waals surface area contributed by atoms with Crippen molar-refractivity contribution in [2.75, 3.05) is 0 Å². The van der Waals surface area contributed by atoms with Gasteiger partial charge in [0.1, 0.15) is 0 Å². The minimum Gasteiger partial charge on any atom is -0.459 e. The van der Waals surface area contributed by atoms with Gasteiger partial charge in [-0.2, -0.15) is 0 Å². The molecule has 0 radical (unpaired) electrons. The van der Waals surface area contributed by atoms with Gasteiger partial charge >= 0.3 is 0 Å². The van der Waals surface area contributed by atoms with Crippen molar-refractivity contribution in [3.8, 4) is 0 Å². The summed E-state index contributed by atoms with van der Waals surface area (Å²) in [6.45, 7) is 2.35. The molecular formula is C11H10BrNO2S. The van der Waals surface area contributed by atoms with Gasteiger partial charge in [0.05, 0.1) is 10.0 Å². The van der Waals surface area contributed by atoms with Crippen LogP contribution in [-0.2, 0) is 6.54 Å². The average molecular weight is 300 g/mol. The number of aryl methyl sites for hydroxylation is 1. The van der Waals surface area contributed by atoms with E-state index in [1.54, 1.807) is 17.4 Å². The number of carbonyl (C=O) groups excluding carboxylic acids is 1. The van der Waals surface area contributed by atoms with Crippen LogP contribution in [0.25, 0.3) is 0 Å². The summed E-state index contributed by atoms with van der Waals surface area (Å²) in [5.41, 5.74) is 1.92. The van der Waals surface area contributed by atoms with E-state index in [0.717, 1.165) is 14.9 Å². The van der Waals surface area contributed by atoms with Gasteiger partial charge < -0.3 is 9.73 Å².